The molecule has 0 radical (unpaired) electrons. The molecule has 1 aromatic heterocycles. The molecule has 0 aliphatic carbocycles. The average Bonchev–Trinajstić information content (AvgIpc) is 2.58. The number of benzene rings is 1. The molecule has 0 spiro atoms. The van der Waals surface area contributed by atoms with E-state index in [9.17, 15) is 4.79 Å². The molecule has 0 unspecified atom stereocenters. The van der Waals surface area contributed by atoms with Gasteiger partial charge >= 0.3 is 0 Å². The smallest absolute Gasteiger partial charge is 0.178 e. The van der Waals surface area contributed by atoms with Crippen molar-refractivity contribution in [3.63, 3.8) is 0 Å². The van der Waals surface area contributed by atoms with Crippen molar-refractivity contribution < 1.29 is 4.79 Å². The van der Waals surface area contributed by atoms with Gasteiger partial charge in [0.25, 0.3) is 0 Å². The quantitative estimate of drug-likeness (QED) is 0.812. The Morgan fingerprint density at radius 2 is 2.00 bits per heavy atom. The Balaban J connectivity index is 0.000000606. The summed E-state index contributed by atoms with van der Waals surface area (Å²) in [5.41, 5.74) is 1.95. The molecule has 0 atom stereocenters. The van der Waals surface area contributed by atoms with Gasteiger partial charge in [-0.15, -0.1) is 0 Å². The van der Waals surface area contributed by atoms with E-state index in [2.05, 4.69) is 4.98 Å². The summed E-state index contributed by atoms with van der Waals surface area (Å²) in [5, 5.41) is 0. The highest BCUT2D eigenvalue weighted by atomic mass is 32.1. The number of aromatic nitrogens is 2. The third-order valence-electron chi connectivity index (χ3n) is 2.06. The number of hydrogen-bond acceptors (Lipinski definition) is 2. The highest BCUT2D eigenvalue weighted by Crippen LogP contribution is 2.12. The Hall–Kier alpha value is -1.42. The van der Waals surface area contributed by atoms with E-state index in [1.165, 1.54) is 0 Å². The van der Waals surface area contributed by atoms with Gasteiger partial charge < -0.3 is 9.55 Å². The standard InChI is InChI=1S/C10H10N2OS.C2H6/c1-7(13)6-12-9-5-3-2-4-8(9)11-10(12)14;1-2/h2-5H,6H2,1H3,(H,11,14);1-2H3. The largest absolute Gasteiger partial charge is 0.331 e. The fraction of sp³-hybridized carbons (Fsp3) is 0.333. The number of ketones is 1. The summed E-state index contributed by atoms with van der Waals surface area (Å²) in [5.74, 6) is 0.103. The molecule has 86 valence electrons. The Morgan fingerprint density at radius 3 is 2.62 bits per heavy atom. The molecule has 1 heterocycles. The number of carbonyl (C=O) groups is 1. The first-order valence-electron chi connectivity index (χ1n) is 5.35. The maximum absolute atomic E-state index is 11.0. The summed E-state index contributed by atoms with van der Waals surface area (Å²) in [6, 6.07) is 7.76. The Kier molecular flexibility index (Phi) is 4.43. The number of nitrogens with one attached hydrogen (secondary N) is 1. The molecule has 16 heavy (non-hydrogen) atoms. The fourth-order valence-corrected chi connectivity index (χ4v) is 1.76. The van der Waals surface area contributed by atoms with Gasteiger partial charge in [-0.3, -0.25) is 4.79 Å². The van der Waals surface area contributed by atoms with Gasteiger partial charge in [0.05, 0.1) is 17.6 Å². The second-order valence-electron chi connectivity index (χ2n) is 3.24. The number of H-pyrrole nitrogens is 1. The molecule has 0 aliphatic rings. The van der Waals surface area contributed by atoms with Crippen molar-refractivity contribution in [2.24, 2.45) is 0 Å². The lowest BCUT2D eigenvalue weighted by Gasteiger charge is -1.99. The van der Waals surface area contributed by atoms with E-state index in [4.69, 9.17) is 12.2 Å². The lowest BCUT2D eigenvalue weighted by molar-refractivity contribution is -0.117. The lowest BCUT2D eigenvalue weighted by Crippen LogP contribution is -2.05. The van der Waals surface area contributed by atoms with Gasteiger partial charge in [-0.1, -0.05) is 26.0 Å². The van der Waals surface area contributed by atoms with Gasteiger partial charge in [0.1, 0.15) is 5.78 Å². The van der Waals surface area contributed by atoms with Crippen LogP contribution in [0.5, 0.6) is 0 Å². The minimum Gasteiger partial charge on any atom is -0.331 e. The van der Waals surface area contributed by atoms with E-state index in [0.717, 1.165) is 11.0 Å². The summed E-state index contributed by atoms with van der Waals surface area (Å²) in [4.78, 5) is 14.1. The fourth-order valence-electron chi connectivity index (χ4n) is 1.49. The first-order valence-corrected chi connectivity index (χ1v) is 5.76. The van der Waals surface area contributed by atoms with E-state index >= 15 is 0 Å². The third-order valence-corrected chi connectivity index (χ3v) is 2.38. The van der Waals surface area contributed by atoms with Gasteiger partial charge in [0.15, 0.2) is 4.77 Å². The minimum absolute atomic E-state index is 0.103. The van der Waals surface area contributed by atoms with Gasteiger partial charge in [-0.2, -0.15) is 0 Å². The summed E-state index contributed by atoms with van der Waals surface area (Å²) in [7, 11) is 0. The first-order chi connectivity index (χ1) is 7.68. The van der Waals surface area contributed by atoms with Crippen molar-refractivity contribution in [2.75, 3.05) is 0 Å². The van der Waals surface area contributed by atoms with E-state index in [-0.39, 0.29) is 5.78 Å². The molecular formula is C12H16N2OS. The number of imidazole rings is 1. The van der Waals surface area contributed by atoms with Crippen LogP contribution in [0.1, 0.15) is 20.8 Å². The van der Waals surface area contributed by atoms with Crippen LogP contribution in [-0.2, 0) is 11.3 Å². The molecule has 0 amide bonds. The number of hydrogen-bond donors (Lipinski definition) is 1. The van der Waals surface area contributed by atoms with Crippen LogP contribution >= 0.6 is 12.2 Å². The molecule has 0 saturated heterocycles. The normalized spacial score (nSPS) is 9.69. The molecule has 1 N–H and O–H groups in total. The monoisotopic (exact) mass is 236 g/mol. The zero-order valence-corrected chi connectivity index (χ0v) is 10.6. The summed E-state index contributed by atoms with van der Waals surface area (Å²) in [6.45, 7) is 5.90. The molecule has 3 nitrogen and oxygen atoms in total. The molecular weight excluding hydrogens is 220 g/mol. The summed E-state index contributed by atoms with van der Waals surface area (Å²) in [6.07, 6.45) is 0. The van der Waals surface area contributed by atoms with E-state index < -0.39 is 0 Å². The topological polar surface area (TPSA) is 37.8 Å². The number of fused-ring (bicyclic) bond motifs is 1. The number of nitrogens with zero attached hydrogens (tertiary/aromatic N) is 1. The number of rotatable bonds is 2. The number of para-hydroxylation sites is 2. The molecule has 0 fully saturated rings. The van der Waals surface area contributed by atoms with Crippen LogP contribution in [0.25, 0.3) is 11.0 Å². The van der Waals surface area contributed by atoms with Crippen molar-refractivity contribution >= 4 is 29.0 Å². The Morgan fingerprint density at radius 1 is 1.38 bits per heavy atom. The predicted molar refractivity (Wildman–Crippen MR) is 69.2 cm³/mol. The maximum atomic E-state index is 11.0. The van der Waals surface area contributed by atoms with Crippen LogP contribution < -0.4 is 0 Å². The van der Waals surface area contributed by atoms with Crippen LogP contribution in [0, 0.1) is 4.77 Å². The van der Waals surface area contributed by atoms with Gasteiger partial charge in [0, 0.05) is 0 Å². The summed E-state index contributed by atoms with van der Waals surface area (Å²) >= 11 is 5.13. The van der Waals surface area contributed by atoms with Crippen molar-refractivity contribution in [3.8, 4) is 0 Å². The van der Waals surface area contributed by atoms with Crippen LogP contribution in [-0.4, -0.2) is 15.3 Å². The molecule has 0 bridgehead atoms. The Bertz CT molecular complexity index is 539. The summed E-state index contributed by atoms with van der Waals surface area (Å²) < 4.78 is 2.41. The SMILES string of the molecule is CC.CC(=O)Cn1c(=S)[nH]c2ccccc21. The van der Waals surface area contributed by atoms with Crippen LogP contribution in [0.4, 0.5) is 0 Å². The number of carbonyl (C=O) groups excluding carboxylic acids is 1. The van der Waals surface area contributed by atoms with Crippen molar-refractivity contribution in [1.29, 1.82) is 0 Å². The van der Waals surface area contributed by atoms with Gasteiger partial charge in [0.2, 0.25) is 0 Å². The Labute approximate surface area is 100 Å². The lowest BCUT2D eigenvalue weighted by atomic mass is 10.3. The maximum Gasteiger partial charge on any atom is 0.178 e. The first kappa shape index (κ1) is 12.6. The highest BCUT2D eigenvalue weighted by molar-refractivity contribution is 7.71. The van der Waals surface area contributed by atoms with Crippen LogP contribution in [0.3, 0.4) is 0 Å². The van der Waals surface area contributed by atoms with Crippen molar-refractivity contribution in [3.05, 3.63) is 29.0 Å². The van der Waals surface area contributed by atoms with Crippen molar-refractivity contribution in [2.45, 2.75) is 27.3 Å². The molecule has 4 heteroatoms. The zero-order valence-electron chi connectivity index (χ0n) is 9.78. The van der Waals surface area contributed by atoms with Gasteiger partial charge in [-0.25, -0.2) is 0 Å². The van der Waals surface area contributed by atoms with Gasteiger partial charge in [-0.05, 0) is 31.3 Å². The number of aromatic amines is 1. The molecule has 0 saturated carbocycles. The zero-order chi connectivity index (χ0) is 12.1. The molecule has 2 rings (SSSR count). The van der Waals surface area contributed by atoms with E-state index in [1.54, 1.807) is 6.92 Å². The number of Topliss-reactive ketones (excluding diaryl/α,β-unsaturated/α-hetero) is 1. The van der Waals surface area contributed by atoms with Crippen LogP contribution in [0.2, 0.25) is 0 Å². The predicted octanol–water partition coefficient (Wildman–Crippen LogP) is 3.31. The van der Waals surface area contributed by atoms with Crippen LogP contribution in [0.15, 0.2) is 24.3 Å². The highest BCUT2D eigenvalue weighted by Gasteiger charge is 2.04. The van der Waals surface area contributed by atoms with E-state index in [0.29, 0.717) is 11.3 Å². The molecule has 2 aromatic rings. The van der Waals surface area contributed by atoms with Crippen molar-refractivity contribution in [1.82, 2.24) is 9.55 Å². The second-order valence-corrected chi connectivity index (χ2v) is 3.62. The van der Waals surface area contributed by atoms with E-state index in [1.807, 2.05) is 42.7 Å². The second kappa shape index (κ2) is 5.61. The molecule has 0 aliphatic heterocycles. The average molecular weight is 236 g/mol. The minimum atomic E-state index is 0.103. The molecule has 1 aromatic carbocycles. The third kappa shape index (κ3) is 2.58.